The summed E-state index contributed by atoms with van der Waals surface area (Å²) < 4.78 is 37.6. The molecule has 2 nitrogen and oxygen atoms in total. The van der Waals surface area contributed by atoms with Gasteiger partial charge in [0.2, 0.25) is 0 Å². The molecule has 1 aromatic rings. The summed E-state index contributed by atoms with van der Waals surface area (Å²) in [4.78, 5) is 1.80. The summed E-state index contributed by atoms with van der Waals surface area (Å²) in [5.41, 5.74) is 5.41. The van der Waals surface area contributed by atoms with Crippen molar-refractivity contribution in [2.75, 3.05) is 25.0 Å². The van der Waals surface area contributed by atoms with Crippen LogP contribution in [0.4, 0.5) is 18.9 Å². The molecule has 0 radical (unpaired) electrons. The van der Waals surface area contributed by atoms with Crippen molar-refractivity contribution in [3.63, 3.8) is 0 Å². The van der Waals surface area contributed by atoms with Crippen LogP contribution in [0, 0.1) is 0 Å². The van der Waals surface area contributed by atoms with Crippen molar-refractivity contribution in [1.29, 1.82) is 0 Å². The Morgan fingerprint density at radius 3 is 2.44 bits per heavy atom. The molecule has 6 heteroatoms. The predicted molar refractivity (Wildman–Crippen MR) is 61.5 cm³/mol. The van der Waals surface area contributed by atoms with E-state index in [4.69, 9.17) is 5.73 Å². The zero-order valence-corrected chi connectivity index (χ0v) is 10.3. The molecule has 16 heavy (non-hydrogen) atoms. The number of rotatable bonds is 3. The molecule has 0 aliphatic rings. The third-order valence-corrected chi connectivity index (χ3v) is 2.79. The van der Waals surface area contributed by atoms with Gasteiger partial charge in [0.05, 0.1) is 11.3 Å². The van der Waals surface area contributed by atoms with Gasteiger partial charge in [-0.1, -0.05) is 0 Å². The lowest BCUT2D eigenvalue weighted by Gasteiger charge is -2.20. The molecule has 0 atom stereocenters. The van der Waals surface area contributed by atoms with E-state index in [0.717, 1.165) is 12.1 Å². The number of hydrogen-bond acceptors (Lipinski definition) is 2. The maximum absolute atomic E-state index is 12.4. The van der Waals surface area contributed by atoms with Gasteiger partial charge < -0.3 is 10.6 Å². The second-order valence-electron chi connectivity index (χ2n) is 3.37. The monoisotopic (exact) mass is 296 g/mol. The molecule has 1 aromatic carbocycles. The van der Waals surface area contributed by atoms with E-state index in [1.807, 2.05) is 0 Å². The first kappa shape index (κ1) is 13.3. The van der Waals surface area contributed by atoms with Crippen LogP contribution in [0.25, 0.3) is 0 Å². The van der Waals surface area contributed by atoms with Crippen LogP contribution in [-0.2, 0) is 6.18 Å². The lowest BCUT2D eigenvalue weighted by Crippen LogP contribution is -2.25. The van der Waals surface area contributed by atoms with Gasteiger partial charge in [-0.25, -0.2) is 0 Å². The van der Waals surface area contributed by atoms with Crippen molar-refractivity contribution in [2.24, 2.45) is 5.73 Å². The summed E-state index contributed by atoms with van der Waals surface area (Å²) in [6.45, 7) is 1.04. The summed E-state index contributed by atoms with van der Waals surface area (Å²) in [5, 5.41) is 0. The topological polar surface area (TPSA) is 29.3 Å². The highest BCUT2D eigenvalue weighted by Crippen LogP contribution is 2.34. The van der Waals surface area contributed by atoms with Crippen molar-refractivity contribution < 1.29 is 13.2 Å². The third-order valence-electron chi connectivity index (χ3n) is 2.15. The third kappa shape index (κ3) is 3.12. The van der Waals surface area contributed by atoms with Gasteiger partial charge in [-0.05, 0) is 34.1 Å². The second kappa shape index (κ2) is 5.05. The summed E-state index contributed by atoms with van der Waals surface area (Å²) in [6.07, 6.45) is -4.31. The number of anilines is 1. The number of nitrogens with two attached hydrogens (primary N) is 1. The average molecular weight is 297 g/mol. The van der Waals surface area contributed by atoms with E-state index in [0.29, 0.717) is 23.2 Å². The SMILES string of the molecule is CN(CCN)c1ccc(C(F)(F)F)cc1Br. The normalized spacial score (nSPS) is 11.6. The fourth-order valence-electron chi connectivity index (χ4n) is 1.31. The summed E-state index contributed by atoms with van der Waals surface area (Å²) in [6, 6.07) is 3.57. The fourth-order valence-corrected chi connectivity index (χ4v) is 1.99. The van der Waals surface area contributed by atoms with Crippen molar-refractivity contribution in [3.05, 3.63) is 28.2 Å². The Hall–Kier alpha value is -0.750. The lowest BCUT2D eigenvalue weighted by atomic mass is 10.2. The van der Waals surface area contributed by atoms with E-state index in [2.05, 4.69) is 15.9 Å². The van der Waals surface area contributed by atoms with Crippen LogP contribution in [-0.4, -0.2) is 20.1 Å². The van der Waals surface area contributed by atoms with Crippen molar-refractivity contribution in [1.82, 2.24) is 0 Å². The number of alkyl halides is 3. The lowest BCUT2D eigenvalue weighted by molar-refractivity contribution is -0.137. The zero-order valence-electron chi connectivity index (χ0n) is 8.68. The first-order valence-corrected chi connectivity index (χ1v) is 5.43. The number of nitrogens with zero attached hydrogens (tertiary/aromatic N) is 1. The molecule has 0 aliphatic heterocycles. The van der Waals surface area contributed by atoms with E-state index in [-0.39, 0.29) is 0 Å². The summed E-state index contributed by atoms with van der Waals surface area (Å²) >= 11 is 3.13. The highest BCUT2D eigenvalue weighted by Gasteiger charge is 2.30. The standard InChI is InChI=1S/C10H12BrF3N2/c1-16(5-4-15)9-3-2-7(6-8(9)11)10(12,13)14/h2-3,6H,4-5,15H2,1H3. The highest BCUT2D eigenvalue weighted by atomic mass is 79.9. The Morgan fingerprint density at radius 1 is 1.38 bits per heavy atom. The molecule has 0 bridgehead atoms. The minimum atomic E-state index is -4.31. The van der Waals surface area contributed by atoms with Gasteiger partial charge in [0.1, 0.15) is 0 Å². The number of hydrogen-bond donors (Lipinski definition) is 1. The zero-order chi connectivity index (χ0) is 12.3. The largest absolute Gasteiger partial charge is 0.416 e. The maximum atomic E-state index is 12.4. The molecule has 0 unspecified atom stereocenters. The average Bonchev–Trinajstić information content (AvgIpc) is 2.16. The molecule has 0 saturated carbocycles. The van der Waals surface area contributed by atoms with E-state index < -0.39 is 11.7 Å². The number of likely N-dealkylation sites (N-methyl/N-ethyl adjacent to an activating group) is 1. The van der Waals surface area contributed by atoms with Gasteiger partial charge in [0, 0.05) is 24.6 Å². The Labute approximate surface area is 100 Å². The van der Waals surface area contributed by atoms with E-state index in [9.17, 15) is 13.2 Å². The molecule has 0 saturated heterocycles. The quantitative estimate of drug-likeness (QED) is 0.929. The van der Waals surface area contributed by atoms with Gasteiger partial charge in [0.15, 0.2) is 0 Å². The first-order valence-electron chi connectivity index (χ1n) is 4.64. The fraction of sp³-hybridized carbons (Fsp3) is 0.400. The molecular formula is C10H12BrF3N2. The Kier molecular flexibility index (Phi) is 4.21. The van der Waals surface area contributed by atoms with Crippen LogP contribution in [0.2, 0.25) is 0 Å². The van der Waals surface area contributed by atoms with Crippen LogP contribution in [0.1, 0.15) is 5.56 Å². The first-order chi connectivity index (χ1) is 7.36. The highest BCUT2D eigenvalue weighted by molar-refractivity contribution is 9.10. The van der Waals surface area contributed by atoms with Gasteiger partial charge in [-0.15, -0.1) is 0 Å². The molecule has 0 spiro atoms. The Bertz CT molecular complexity index is 366. The Balaban J connectivity index is 3.00. The van der Waals surface area contributed by atoms with Gasteiger partial charge in [0.25, 0.3) is 0 Å². The molecule has 2 N–H and O–H groups in total. The number of benzene rings is 1. The van der Waals surface area contributed by atoms with Crippen molar-refractivity contribution in [2.45, 2.75) is 6.18 Å². The van der Waals surface area contributed by atoms with Crippen LogP contribution in [0.15, 0.2) is 22.7 Å². The van der Waals surface area contributed by atoms with Crippen molar-refractivity contribution >= 4 is 21.6 Å². The molecule has 1 rings (SSSR count). The van der Waals surface area contributed by atoms with E-state index >= 15 is 0 Å². The number of halogens is 4. The van der Waals surface area contributed by atoms with Crippen LogP contribution in [0.5, 0.6) is 0 Å². The molecule has 0 amide bonds. The molecular weight excluding hydrogens is 285 g/mol. The predicted octanol–water partition coefficient (Wildman–Crippen LogP) is 2.86. The molecule has 0 heterocycles. The van der Waals surface area contributed by atoms with Gasteiger partial charge in [-0.3, -0.25) is 0 Å². The van der Waals surface area contributed by atoms with Crippen LogP contribution in [0.3, 0.4) is 0 Å². The minimum absolute atomic E-state index is 0.415. The van der Waals surface area contributed by atoms with E-state index in [1.54, 1.807) is 11.9 Å². The Morgan fingerprint density at radius 2 is 2.00 bits per heavy atom. The molecule has 0 fully saturated rings. The van der Waals surface area contributed by atoms with Crippen LogP contribution < -0.4 is 10.6 Å². The molecule has 90 valence electrons. The second-order valence-corrected chi connectivity index (χ2v) is 4.23. The van der Waals surface area contributed by atoms with Crippen molar-refractivity contribution in [3.8, 4) is 0 Å². The summed E-state index contributed by atoms with van der Waals surface area (Å²) in [5.74, 6) is 0. The van der Waals surface area contributed by atoms with Gasteiger partial charge >= 0.3 is 6.18 Å². The smallest absolute Gasteiger partial charge is 0.372 e. The van der Waals surface area contributed by atoms with Gasteiger partial charge in [-0.2, -0.15) is 13.2 Å². The maximum Gasteiger partial charge on any atom is 0.416 e. The molecule has 0 aliphatic carbocycles. The van der Waals surface area contributed by atoms with Crippen LogP contribution >= 0.6 is 15.9 Å². The summed E-state index contributed by atoms with van der Waals surface area (Å²) in [7, 11) is 1.78. The van der Waals surface area contributed by atoms with E-state index in [1.165, 1.54) is 6.07 Å². The molecule has 0 aromatic heterocycles. The minimum Gasteiger partial charge on any atom is -0.372 e.